The molecule has 1 fully saturated rings. The van der Waals surface area contributed by atoms with Crippen LogP contribution < -0.4 is 10.6 Å². The lowest BCUT2D eigenvalue weighted by atomic mass is 9.91. The van der Waals surface area contributed by atoms with E-state index >= 15 is 0 Å². The Balaban J connectivity index is 1.71. The summed E-state index contributed by atoms with van der Waals surface area (Å²) in [7, 11) is 0. The van der Waals surface area contributed by atoms with Gasteiger partial charge in [0.05, 0.1) is 19.3 Å². The molecule has 5 nitrogen and oxygen atoms in total. The van der Waals surface area contributed by atoms with Crippen molar-refractivity contribution in [3.05, 3.63) is 17.5 Å². The number of hydrogen-bond donors (Lipinski definition) is 3. The van der Waals surface area contributed by atoms with Crippen LogP contribution in [0.15, 0.2) is 6.20 Å². The van der Waals surface area contributed by atoms with Gasteiger partial charge >= 0.3 is 0 Å². The first-order valence-electron chi connectivity index (χ1n) is 7.50. The van der Waals surface area contributed by atoms with Crippen LogP contribution in [0.2, 0.25) is 0 Å². The molecule has 0 saturated carbocycles. The Kier molecular flexibility index (Phi) is 4.15. The fraction of sp³-hybridized carbons (Fsp3) is 0.786. The Labute approximate surface area is 114 Å². The fourth-order valence-corrected chi connectivity index (χ4v) is 3.35. The molecule has 0 spiro atoms. The molecule has 0 amide bonds. The predicted molar refractivity (Wildman–Crippen MR) is 74.0 cm³/mol. The van der Waals surface area contributed by atoms with E-state index in [1.54, 1.807) is 0 Å². The van der Waals surface area contributed by atoms with Crippen molar-refractivity contribution in [2.75, 3.05) is 19.7 Å². The molecule has 0 radical (unpaired) electrons. The molecule has 1 saturated heterocycles. The predicted octanol–water partition coefficient (Wildman–Crippen LogP) is 0.594. The lowest BCUT2D eigenvalue weighted by Gasteiger charge is -2.31. The summed E-state index contributed by atoms with van der Waals surface area (Å²) < 4.78 is 1.98. The molecule has 106 valence electrons. The Morgan fingerprint density at radius 1 is 1.37 bits per heavy atom. The number of piperidine rings is 1. The summed E-state index contributed by atoms with van der Waals surface area (Å²) in [5, 5.41) is 20.7. The van der Waals surface area contributed by atoms with Gasteiger partial charge in [-0.2, -0.15) is 5.10 Å². The van der Waals surface area contributed by atoms with Crippen LogP contribution in [0.1, 0.15) is 43.0 Å². The number of nitrogens with zero attached hydrogens (tertiary/aromatic N) is 2. The third-order valence-electron chi connectivity index (χ3n) is 4.35. The van der Waals surface area contributed by atoms with Crippen molar-refractivity contribution in [2.45, 2.75) is 50.7 Å². The monoisotopic (exact) mass is 264 g/mol. The first-order valence-corrected chi connectivity index (χ1v) is 7.50. The molecule has 2 aliphatic rings. The minimum Gasteiger partial charge on any atom is -0.394 e. The zero-order chi connectivity index (χ0) is 13.1. The largest absolute Gasteiger partial charge is 0.394 e. The first-order chi connectivity index (χ1) is 9.38. The van der Waals surface area contributed by atoms with Gasteiger partial charge < -0.3 is 15.7 Å². The van der Waals surface area contributed by atoms with Crippen molar-refractivity contribution in [3.8, 4) is 0 Å². The van der Waals surface area contributed by atoms with Gasteiger partial charge in [0, 0.05) is 23.3 Å². The topological polar surface area (TPSA) is 62.1 Å². The quantitative estimate of drug-likeness (QED) is 0.745. The molecule has 1 atom stereocenters. The van der Waals surface area contributed by atoms with Crippen LogP contribution >= 0.6 is 0 Å². The maximum Gasteiger partial charge on any atom is 0.0644 e. The number of aliphatic hydroxyl groups excluding tert-OH is 1. The van der Waals surface area contributed by atoms with Crippen LogP contribution in [0.4, 0.5) is 0 Å². The summed E-state index contributed by atoms with van der Waals surface area (Å²) in [6, 6.07) is 1.10. The van der Waals surface area contributed by atoms with Crippen LogP contribution in [-0.2, 0) is 13.0 Å². The third-order valence-corrected chi connectivity index (χ3v) is 4.35. The maximum absolute atomic E-state index is 9.08. The van der Waals surface area contributed by atoms with Crippen LogP contribution in [0.5, 0.6) is 0 Å². The van der Waals surface area contributed by atoms with E-state index in [0.717, 1.165) is 19.5 Å². The van der Waals surface area contributed by atoms with Gasteiger partial charge in [0.2, 0.25) is 0 Å². The van der Waals surface area contributed by atoms with Crippen molar-refractivity contribution in [2.24, 2.45) is 0 Å². The number of aliphatic hydroxyl groups is 1. The van der Waals surface area contributed by atoms with Crippen molar-refractivity contribution < 1.29 is 5.11 Å². The van der Waals surface area contributed by atoms with Crippen LogP contribution in [-0.4, -0.2) is 40.6 Å². The molecule has 2 heterocycles. The zero-order valence-electron chi connectivity index (χ0n) is 11.4. The maximum atomic E-state index is 9.08. The highest BCUT2D eigenvalue weighted by atomic mass is 16.3. The first kappa shape index (κ1) is 13.1. The molecule has 1 aliphatic heterocycles. The number of aromatic nitrogens is 2. The second-order valence-corrected chi connectivity index (χ2v) is 5.63. The van der Waals surface area contributed by atoms with E-state index in [1.165, 1.54) is 36.9 Å². The second kappa shape index (κ2) is 6.03. The van der Waals surface area contributed by atoms with Gasteiger partial charge in [-0.1, -0.05) is 0 Å². The normalized spacial score (nSPS) is 24.4. The highest BCUT2D eigenvalue weighted by Gasteiger charge is 2.26. The van der Waals surface area contributed by atoms with Crippen molar-refractivity contribution in [3.63, 3.8) is 0 Å². The van der Waals surface area contributed by atoms with Crippen molar-refractivity contribution >= 4 is 0 Å². The summed E-state index contributed by atoms with van der Waals surface area (Å²) in [5.41, 5.74) is 2.69. The molecule has 1 unspecified atom stereocenters. The minimum absolute atomic E-state index is 0.167. The Bertz CT molecular complexity index is 412. The van der Waals surface area contributed by atoms with E-state index in [0.29, 0.717) is 18.6 Å². The van der Waals surface area contributed by atoms with Crippen LogP contribution in [0.3, 0.4) is 0 Å². The highest BCUT2D eigenvalue weighted by Crippen LogP contribution is 2.30. The molecule has 19 heavy (non-hydrogen) atoms. The average Bonchev–Trinajstić information content (AvgIpc) is 2.85. The fourth-order valence-electron chi connectivity index (χ4n) is 3.35. The molecule has 1 aromatic rings. The Morgan fingerprint density at radius 2 is 2.21 bits per heavy atom. The lowest BCUT2D eigenvalue weighted by molar-refractivity contribution is 0.265. The summed E-state index contributed by atoms with van der Waals surface area (Å²) >= 11 is 0. The van der Waals surface area contributed by atoms with E-state index in [9.17, 15) is 0 Å². The Hall–Kier alpha value is -0.910. The lowest BCUT2D eigenvalue weighted by Crippen LogP contribution is -2.42. The second-order valence-electron chi connectivity index (χ2n) is 5.63. The van der Waals surface area contributed by atoms with E-state index < -0.39 is 0 Å². The van der Waals surface area contributed by atoms with Crippen molar-refractivity contribution in [1.29, 1.82) is 0 Å². The van der Waals surface area contributed by atoms with E-state index in [1.807, 2.05) is 10.9 Å². The molecule has 0 bridgehead atoms. The molecule has 0 aromatic carbocycles. The number of rotatable bonds is 4. The van der Waals surface area contributed by atoms with Gasteiger partial charge in [0.15, 0.2) is 0 Å². The van der Waals surface area contributed by atoms with E-state index in [2.05, 4.69) is 15.7 Å². The minimum atomic E-state index is 0.167. The number of nitrogens with one attached hydrogen (secondary N) is 2. The van der Waals surface area contributed by atoms with E-state index in [-0.39, 0.29) is 6.61 Å². The SMILES string of the molecule is OCCn1ncc2c1CCCC2NC1CCNCC1. The summed E-state index contributed by atoms with van der Waals surface area (Å²) in [5.74, 6) is 0. The molecule has 5 heteroatoms. The van der Waals surface area contributed by atoms with E-state index in [4.69, 9.17) is 5.11 Å². The van der Waals surface area contributed by atoms with Gasteiger partial charge in [-0.15, -0.1) is 0 Å². The standard InChI is InChI=1S/C14H24N4O/c19-9-8-18-14-3-1-2-13(12(14)10-16-18)17-11-4-6-15-7-5-11/h10-11,13,15,17,19H,1-9H2. The summed E-state index contributed by atoms with van der Waals surface area (Å²) in [4.78, 5) is 0. The summed E-state index contributed by atoms with van der Waals surface area (Å²) in [6.45, 7) is 3.04. The average molecular weight is 264 g/mol. The van der Waals surface area contributed by atoms with Gasteiger partial charge in [-0.3, -0.25) is 4.68 Å². The van der Waals surface area contributed by atoms with Crippen molar-refractivity contribution in [1.82, 2.24) is 20.4 Å². The molecular weight excluding hydrogens is 240 g/mol. The third kappa shape index (κ3) is 2.83. The summed E-state index contributed by atoms with van der Waals surface area (Å²) in [6.07, 6.45) is 7.96. The zero-order valence-corrected chi connectivity index (χ0v) is 11.4. The molecule has 3 N–H and O–H groups in total. The number of fused-ring (bicyclic) bond motifs is 1. The van der Waals surface area contributed by atoms with Crippen LogP contribution in [0.25, 0.3) is 0 Å². The molecule has 1 aromatic heterocycles. The smallest absolute Gasteiger partial charge is 0.0644 e. The van der Waals surface area contributed by atoms with Gasteiger partial charge in [-0.05, 0) is 45.2 Å². The molecule has 3 rings (SSSR count). The van der Waals surface area contributed by atoms with Gasteiger partial charge in [0.25, 0.3) is 0 Å². The number of hydrogen-bond acceptors (Lipinski definition) is 4. The molecular formula is C14H24N4O. The van der Waals surface area contributed by atoms with Gasteiger partial charge in [0.1, 0.15) is 0 Å². The van der Waals surface area contributed by atoms with Crippen LogP contribution in [0, 0.1) is 0 Å². The highest BCUT2D eigenvalue weighted by molar-refractivity contribution is 5.25. The molecule has 1 aliphatic carbocycles. The van der Waals surface area contributed by atoms with Gasteiger partial charge in [-0.25, -0.2) is 0 Å². The Morgan fingerprint density at radius 3 is 3.00 bits per heavy atom.